The van der Waals surface area contributed by atoms with Gasteiger partial charge >= 0.3 is 0 Å². The SMILES string of the molecule is C=C(C)c1ccc(F)c2ccccc12. The van der Waals surface area contributed by atoms with Gasteiger partial charge in [-0.15, -0.1) is 0 Å². The van der Waals surface area contributed by atoms with Crippen LogP contribution in [0.25, 0.3) is 16.3 Å². The Bertz CT molecular complexity index is 498. The molecule has 0 aliphatic rings. The van der Waals surface area contributed by atoms with Crippen LogP contribution in [-0.2, 0) is 0 Å². The molecule has 0 atom stereocenters. The van der Waals surface area contributed by atoms with Crippen LogP contribution >= 0.6 is 0 Å². The average molecular weight is 186 g/mol. The second kappa shape index (κ2) is 3.26. The largest absolute Gasteiger partial charge is 0.206 e. The smallest absolute Gasteiger partial charge is 0.131 e. The number of halogens is 1. The standard InChI is InChI=1S/C13H11F/c1-9(2)10-7-8-13(14)12-6-4-3-5-11(10)12/h3-8H,1H2,2H3. The van der Waals surface area contributed by atoms with Crippen LogP contribution in [-0.4, -0.2) is 0 Å². The lowest BCUT2D eigenvalue weighted by Gasteiger charge is -2.06. The van der Waals surface area contributed by atoms with Crippen LogP contribution in [0.5, 0.6) is 0 Å². The van der Waals surface area contributed by atoms with Gasteiger partial charge in [-0.05, 0) is 23.9 Å². The highest BCUT2D eigenvalue weighted by Gasteiger charge is 2.04. The number of allylic oxidation sites excluding steroid dienone is 1. The Morgan fingerprint density at radius 1 is 1.07 bits per heavy atom. The summed E-state index contributed by atoms with van der Waals surface area (Å²) < 4.78 is 13.4. The molecule has 0 amide bonds. The zero-order valence-corrected chi connectivity index (χ0v) is 8.05. The molecule has 0 bridgehead atoms. The highest BCUT2D eigenvalue weighted by atomic mass is 19.1. The maximum atomic E-state index is 13.4. The highest BCUT2D eigenvalue weighted by Crippen LogP contribution is 2.25. The fraction of sp³-hybridized carbons (Fsp3) is 0.0769. The summed E-state index contributed by atoms with van der Waals surface area (Å²) in [6.45, 7) is 5.81. The van der Waals surface area contributed by atoms with Gasteiger partial charge in [-0.3, -0.25) is 0 Å². The van der Waals surface area contributed by atoms with Gasteiger partial charge in [0.2, 0.25) is 0 Å². The van der Waals surface area contributed by atoms with Gasteiger partial charge in [-0.25, -0.2) is 4.39 Å². The molecule has 0 N–H and O–H groups in total. The summed E-state index contributed by atoms with van der Waals surface area (Å²) in [5.41, 5.74) is 1.98. The third-order valence-electron chi connectivity index (χ3n) is 2.33. The second-order valence-electron chi connectivity index (χ2n) is 3.42. The fourth-order valence-electron chi connectivity index (χ4n) is 1.63. The first-order valence-electron chi connectivity index (χ1n) is 4.53. The molecule has 0 aliphatic carbocycles. The van der Waals surface area contributed by atoms with E-state index in [1.165, 1.54) is 6.07 Å². The topological polar surface area (TPSA) is 0 Å². The molecule has 0 fully saturated rings. The molecule has 1 heteroatoms. The van der Waals surface area contributed by atoms with Crippen LogP contribution in [0, 0.1) is 5.82 Å². The van der Waals surface area contributed by atoms with Crippen molar-refractivity contribution in [2.75, 3.05) is 0 Å². The van der Waals surface area contributed by atoms with Crippen LogP contribution in [0.2, 0.25) is 0 Å². The Morgan fingerprint density at radius 3 is 2.36 bits per heavy atom. The predicted molar refractivity (Wildman–Crippen MR) is 58.6 cm³/mol. The van der Waals surface area contributed by atoms with E-state index in [2.05, 4.69) is 6.58 Å². The maximum Gasteiger partial charge on any atom is 0.131 e. The minimum atomic E-state index is -0.175. The summed E-state index contributed by atoms with van der Waals surface area (Å²) in [4.78, 5) is 0. The van der Waals surface area contributed by atoms with Crippen LogP contribution in [0.15, 0.2) is 43.0 Å². The molecule has 70 valence electrons. The Labute approximate surface area is 82.7 Å². The Morgan fingerprint density at radius 2 is 1.71 bits per heavy atom. The van der Waals surface area contributed by atoms with Gasteiger partial charge in [0.15, 0.2) is 0 Å². The predicted octanol–water partition coefficient (Wildman–Crippen LogP) is 4.01. The van der Waals surface area contributed by atoms with Gasteiger partial charge < -0.3 is 0 Å². The van der Waals surface area contributed by atoms with E-state index in [1.807, 2.05) is 25.1 Å². The molecule has 2 aromatic carbocycles. The first-order valence-corrected chi connectivity index (χ1v) is 4.53. The summed E-state index contributed by atoms with van der Waals surface area (Å²) >= 11 is 0. The van der Waals surface area contributed by atoms with Crippen molar-refractivity contribution in [1.82, 2.24) is 0 Å². The van der Waals surface area contributed by atoms with Crippen molar-refractivity contribution in [3.63, 3.8) is 0 Å². The van der Waals surface area contributed by atoms with E-state index in [4.69, 9.17) is 0 Å². The normalized spacial score (nSPS) is 10.4. The molecule has 2 rings (SSSR count). The lowest BCUT2D eigenvalue weighted by Crippen LogP contribution is -1.85. The Hall–Kier alpha value is -1.63. The van der Waals surface area contributed by atoms with E-state index in [-0.39, 0.29) is 5.82 Å². The molecular formula is C13H11F. The van der Waals surface area contributed by atoms with Crippen molar-refractivity contribution >= 4 is 16.3 Å². The highest BCUT2D eigenvalue weighted by molar-refractivity contribution is 5.93. The molecule has 0 spiro atoms. The van der Waals surface area contributed by atoms with E-state index >= 15 is 0 Å². The van der Waals surface area contributed by atoms with Gasteiger partial charge in [0.05, 0.1) is 0 Å². The Kier molecular flexibility index (Phi) is 2.08. The number of hydrogen-bond acceptors (Lipinski definition) is 0. The van der Waals surface area contributed by atoms with Gasteiger partial charge in [-0.2, -0.15) is 0 Å². The lowest BCUT2D eigenvalue weighted by atomic mass is 10.00. The van der Waals surface area contributed by atoms with Crippen molar-refractivity contribution in [1.29, 1.82) is 0 Å². The lowest BCUT2D eigenvalue weighted by molar-refractivity contribution is 0.640. The maximum absolute atomic E-state index is 13.4. The first kappa shape index (κ1) is 8.95. The van der Waals surface area contributed by atoms with E-state index < -0.39 is 0 Å². The van der Waals surface area contributed by atoms with Gasteiger partial charge in [-0.1, -0.05) is 42.5 Å². The molecule has 0 heterocycles. The molecule has 0 unspecified atom stereocenters. The van der Waals surface area contributed by atoms with Crippen molar-refractivity contribution in [2.45, 2.75) is 6.92 Å². The zero-order chi connectivity index (χ0) is 10.1. The monoisotopic (exact) mass is 186 g/mol. The average Bonchev–Trinajstić information content (AvgIpc) is 2.18. The molecule has 0 aliphatic heterocycles. The quantitative estimate of drug-likeness (QED) is 0.631. The number of rotatable bonds is 1. The molecule has 2 aromatic rings. The van der Waals surface area contributed by atoms with E-state index in [1.54, 1.807) is 12.1 Å². The minimum Gasteiger partial charge on any atom is -0.206 e. The third-order valence-corrected chi connectivity index (χ3v) is 2.33. The second-order valence-corrected chi connectivity index (χ2v) is 3.42. The van der Waals surface area contributed by atoms with E-state index in [0.717, 1.165) is 16.5 Å². The van der Waals surface area contributed by atoms with Crippen LogP contribution < -0.4 is 0 Å². The fourth-order valence-corrected chi connectivity index (χ4v) is 1.63. The van der Waals surface area contributed by atoms with E-state index in [9.17, 15) is 4.39 Å². The molecule has 0 aromatic heterocycles. The van der Waals surface area contributed by atoms with Gasteiger partial charge in [0, 0.05) is 5.39 Å². The number of benzene rings is 2. The van der Waals surface area contributed by atoms with Crippen molar-refractivity contribution in [2.24, 2.45) is 0 Å². The molecule has 0 saturated heterocycles. The van der Waals surface area contributed by atoms with Gasteiger partial charge in [0.1, 0.15) is 5.82 Å². The summed E-state index contributed by atoms with van der Waals surface area (Å²) in [7, 11) is 0. The number of hydrogen-bond donors (Lipinski definition) is 0. The summed E-state index contributed by atoms with van der Waals surface area (Å²) in [6.07, 6.45) is 0. The van der Waals surface area contributed by atoms with Crippen LogP contribution in [0.3, 0.4) is 0 Å². The summed E-state index contributed by atoms with van der Waals surface area (Å²) in [5, 5.41) is 1.59. The Balaban J connectivity index is 2.88. The van der Waals surface area contributed by atoms with Crippen molar-refractivity contribution in [3.8, 4) is 0 Å². The first-order chi connectivity index (χ1) is 6.70. The molecule has 0 nitrogen and oxygen atoms in total. The minimum absolute atomic E-state index is 0.175. The van der Waals surface area contributed by atoms with Crippen LogP contribution in [0.1, 0.15) is 12.5 Å². The summed E-state index contributed by atoms with van der Waals surface area (Å²) in [5.74, 6) is -0.175. The molecule has 14 heavy (non-hydrogen) atoms. The van der Waals surface area contributed by atoms with Crippen LogP contribution in [0.4, 0.5) is 4.39 Å². The van der Waals surface area contributed by atoms with Crippen molar-refractivity contribution in [3.05, 3.63) is 54.4 Å². The third kappa shape index (κ3) is 1.31. The van der Waals surface area contributed by atoms with Crippen molar-refractivity contribution < 1.29 is 4.39 Å². The molecule has 0 radical (unpaired) electrons. The van der Waals surface area contributed by atoms with Gasteiger partial charge in [0.25, 0.3) is 0 Å². The molecule has 0 saturated carbocycles. The zero-order valence-electron chi connectivity index (χ0n) is 8.05. The summed E-state index contributed by atoms with van der Waals surface area (Å²) in [6, 6.07) is 10.7. The molecular weight excluding hydrogens is 175 g/mol. The van der Waals surface area contributed by atoms with E-state index in [0.29, 0.717) is 5.39 Å². The number of fused-ring (bicyclic) bond motifs is 1.